The SMILES string of the molecule is Nc1ccc(C(=O)OCc2ccc(Br)cc2)cn1. The molecule has 0 bridgehead atoms. The highest BCUT2D eigenvalue weighted by Crippen LogP contribution is 2.12. The van der Waals surface area contributed by atoms with Crippen LogP contribution in [0.2, 0.25) is 0 Å². The van der Waals surface area contributed by atoms with Crippen LogP contribution in [0.25, 0.3) is 0 Å². The monoisotopic (exact) mass is 306 g/mol. The third-order valence-electron chi connectivity index (χ3n) is 2.31. The molecule has 2 rings (SSSR count). The zero-order chi connectivity index (χ0) is 13.0. The fraction of sp³-hybridized carbons (Fsp3) is 0.0769. The van der Waals surface area contributed by atoms with E-state index in [4.69, 9.17) is 10.5 Å². The molecular formula is C13H11BrN2O2. The van der Waals surface area contributed by atoms with E-state index < -0.39 is 5.97 Å². The minimum Gasteiger partial charge on any atom is -0.457 e. The van der Waals surface area contributed by atoms with Gasteiger partial charge in [-0.2, -0.15) is 0 Å². The number of halogens is 1. The largest absolute Gasteiger partial charge is 0.457 e. The molecular weight excluding hydrogens is 296 g/mol. The molecule has 1 heterocycles. The number of esters is 1. The Balaban J connectivity index is 1.96. The van der Waals surface area contributed by atoms with Gasteiger partial charge in [-0.15, -0.1) is 0 Å². The van der Waals surface area contributed by atoms with Gasteiger partial charge in [-0.3, -0.25) is 0 Å². The third kappa shape index (κ3) is 3.30. The van der Waals surface area contributed by atoms with Crippen molar-refractivity contribution in [3.05, 3.63) is 58.2 Å². The molecule has 0 amide bonds. The smallest absolute Gasteiger partial charge is 0.340 e. The molecule has 92 valence electrons. The molecule has 0 atom stereocenters. The van der Waals surface area contributed by atoms with E-state index in [1.54, 1.807) is 12.1 Å². The van der Waals surface area contributed by atoms with Crippen LogP contribution in [0.4, 0.5) is 5.82 Å². The minimum atomic E-state index is -0.412. The number of hydrogen-bond acceptors (Lipinski definition) is 4. The summed E-state index contributed by atoms with van der Waals surface area (Å²) in [5, 5.41) is 0. The second-order valence-electron chi connectivity index (χ2n) is 3.67. The summed E-state index contributed by atoms with van der Waals surface area (Å²) >= 11 is 3.34. The molecule has 0 aliphatic heterocycles. The highest BCUT2D eigenvalue weighted by molar-refractivity contribution is 9.10. The highest BCUT2D eigenvalue weighted by atomic mass is 79.9. The van der Waals surface area contributed by atoms with Crippen LogP contribution < -0.4 is 5.73 Å². The molecule has 18 heavy (non-hydrogen) atoms. The Bertz CT molecular complexity index is 538. The van der Waals surface area contributed by atoms with Crippen molar-refractivity contribution in [3.8, 4) is 0 Å². The molecule has 4 nitrogen and oxygen atoms in total. The summed E-state index contributed by atoms with van der Waals surface area (Å²) in [4.78, 5) is 15.5. The number of anilines is 1. The van der Waals surface area contributed by atoms with Gasteiger partial charge in [0.15, 0.2) is 0 Å². The van der Waals surface area contributed by atoms with Gasteiger partial charge in [-0.25, -0.2) is 9.78 Å². The molecule has 2 aromatic rings. The second-order valence-corrected chi connectivity index (χ2v) is 4.59. The van der Waals surface area contributed by atoms with Crippen molar-refractivity contribution in [1.29, 1.82) is 0 Å². The molecule has 0 saturated heterocycles. The maximum atomic E-state index is 11.7. The van der Waals surface area contributed by atoms with Gasteiger partial charge in [0.2, 0.25) is 0 Å². The summed E-state index contributed by atoms with van der Waals surface area (Å²) in [6, 6.07) is 10.7. The average molecular weight is 307 g/mol. The summed E-state index contributed by atoms with van der Waals surface area (Å²) in [5.41, 5.74) is 6.75. The topological polar surface area (TPSA) is 65.2 Å². The lowest BCUT2D eigenvalue weighted by molar-refractivity contribution is 0.0472. The molecule has 0 saturated carbocycles. The predicted molar refractivity (Wildman–Crippen MR) is 71.9 cm³/mol. The number of ether oxygens (including phenoxy) is 1. The summed E-state index contributed by atoms with van der Waals surface area (Å²) in [6.45, 7) is 0.233. The zero-order valence-electron chi connectivity index (χ0n) is 9.47. The Morgan fingerprint density at radius 3 is 2.56 bits per heavy atom. The first-order valence-corrected chi connectivity index (χ1v) is 6.07. The fourth-order valence-corrected chi connectivity index (χ4v) is 1.60. The first kappa shape index (κ1) is 12.6. The lowest BCUT2D eigenvalue weighted by Crippen LogP contribution is -2.06. The summed E-state index contributed by atoms with van der Waals surface area (Å²) in [7, 11) is 0. The average Bonchev–Trinajstić information content (AvgIpc) is 2.38. The summed E-state index contributed by atoms with van der Waals surface area (Å²) in [6.07, 6.45) is 1.40. The van der Waals surface area contributed by atoms with Gasteiger partial charge in [-0.1, -0.05) is 28.1 Å². The van der Waals surface area contributed by atoms with Gasteiger partial charge in [0.05, 0.1) is 5.56 Å². The van der Waals surface area contributed by atoms with Crippen molar-refractivity contribution in [1.82, 2.24) is 4.98 Å². The Labute approximate surface area is 113 Å². The van der Waals surface area contributed by atoms with Crippen molar-refractivity contribution in [2.45, 2.75) is 6.61 Å². The van der Waals surface area contributed by atoms with Crippen molar-refractivity contribution in [2.24, 2.45) is 0 Å². The third-order valence-corrected chi connectivity index (χ3v) is 2.83. The molecule has 0 aliphatic rings. The molecule has 1 aromatic carbocycles. The number of rotatable bonds is 3. The first-order chi connectivity index (χ1) is 8.65. The van der Waals surface area contributed by atoms with Crippen LogP contribution in [0, 0.1) is 0 Å². The van der Waals surface area contributed by atoms with Crippen LogP contribution in [0.3, 0.4) is 0 Å². The van der Waals surface area contributed by atoms with Gasteiger partial charge in [0.1, 0.15) is 12.4 Å². The van der Waals surface area contributed by atoms with Crippen LogP contribution in [-0.2, 0) is 11.3 Å². The molecule has 0 radical (unpaired) electrons. The van der Waals surface area contributed by atoms with Gasteiger partial charge >= 0.3 is 5.97 Å². The van der Waals surface area contributed by atoms with E-state index >= 15 is 0 Å². The standard InChI is InChI=1S/C13H11BrN2O2/c14-11-4-1-9(2-5-11)8-18-13(17)10-3-6-12(15)16-7-10/h1-7H,8H2,(H2,15,16). The number of nitrogen functional groups attached to an aromatic ring is 1. The van der Waals surface area contributed by atoms with Gasteiger partial charge < -0.3 is 10.5 Å². The van der Waals surface area contributed by atoms with E-state index in [1.165, 1.54) is 6.20 Å². The quantitative estimate of drug-likeness (QED) is 0.886. The van der Waals surface area contributed by atoms with E-state index in [2.05, 4.69) is 20.9 Å². The minimum absolute atomic E-state index is 0.233. The maximum absolute atomic E-state index is 11.7. The number of pyridine rings is 1. The van der Waals surface area contributed by atoms with Crippen LogP contribution in [0.15, 0.2) is 47.1 Å². The Hall–Kier alpha value is -1.88. The van der Waals surface area contributed by atoms with E-state index in [0.29, 0.717) is 11.4 Å². The van der Waals surface area contributed by atoms with Crippen molar-refractivity contribution in [2.75, 3.05) is 5.73 Å². The van der Waals surface area contributed by atoms with Crippen molar-refractivity contribution >= 4 is 27.7 Å². The normalized spacial score (nSPS) is 10.1. The maximum Gasteiger partial charge on any atom is 0.340 e. The van der Waals surface area contributed by atoms with Crippen LogP contribution in [0.5, 0.6) is 0 Å². The molecule has 0 unspecified atom stereocenters. The fourth-order valence-electron chi connectivity index (χ4n) is 1.34. The van der Waals surface area contributed by atoms with Crippen LogP contribution in [0.1, 0.15) is 15.9 Å². The van der Waals surface area contributed by atoms with Gasteiger partial charge in [0, 0.05) is 10.7 Å². The molecule has 0 spiro atoms. The Morgan fingerprint density at radius 1 is 1.22 bits per heavy atom. The number of aromatic nitrogens is 1. The molecule has 0 aliphatic carbocycles. The molecule has 2 N–H and O–H groups in total. The van der Waals surface area contributed by atoms with Gasteiger partial charge in [0.25, 0.3) is 0 Å². The van der Waals surface area contributed by atoms with E-state index in [9.17, 15) is 4.79 Å². The number of nitrogens with zero attached hydrogens (tertiary/aromatic N) is 1. The van der Waals surface area contributed by atoms with Crippen LogP contribution in [-0.4, -0.2) is 11.0 Å². The summed E-state index contributed by atoms with van der Waals surface area (Å²) < 4.78 is 6.15. The zero-order valence-corrected chi connectivity index (χ0v) is 11.1. The number of nitrogens with two attached hydrogens (primary N) is 1. The van der Waals surface area contributed by atoms with E-state index in [0.717, 1.165) is 10.0 Å². The van der Waals surface area contributed by atoms with Crippen molar-refractivity contribution in [3.63, 3.8) is 0 Å². The van der Waals surface area contributed by atoms with Crippen molar-refractivity contribution < 1.29 is 9.53 Å². The number of hydrogen-bond donors (Lipinski definition) is 1. The molecule has 1 aromatic heterocycles. The molecule has 5 heteroatoms. The Kier molecular flexibility index (Phi) is 3.94. The summed E-state index contributed by atoms with van der Waals surface area (Å²) in [5.74, 6) is -0.0371. The van der Waals surface area contributed by atoms with E-state index in [1.807, 2.05) is 24.3 Å². The number of carbonyl (C=O) groups is 1. The first-order valence-electron chi connectivity index (χ1n) is 5.28. The van der Waals surface area contributed by atoms with E-state index in [-0.39, 0.29) is 6.61 Å². The van der Waals surface area contributed by atoms with Crippen LogP contribution >= 0.6 is 15.9 Å². The second kappa shape index (κ2) is 5.64. The lowest BCUT2D eigenvalue weighted by Gasteiger charge is -2.05. The molecule has 0 fully saturated rings. The number of carbonyl (C=O) groups excluding carboxylic acids is 1. The highest BCUT2D eigenvalue weighted by Gasteiger charge is 2.07. The lowest BCUT2D eigenvalue weighted by atomic mass is 10.2. The Morgan fingerprint density at radius 2 is 1.94 bits per heavy atom. The predicted octanol–water partition coefficient (Wildman–Crippen LogP) is 2.78. The van der Waals surface area contributed by atoms with Gasteiger partial charge in [-0.05, 0) is 29.8 Å². The number of benzene rings is 1.